The van der Waals surface area contributed by atoms with Crippen LogP contribution in [0.25, 0.3) is 6.08 Å². The Labute approximate surface area is 77.1 Å². The fourth-order valence-electron chi connectivity index (χ4n) is 2.15. The zero-order valence-electron chi connectivity index (χ0n) is 7.23. The zero-order chi connectivity index (χ0) is 8.84. The first-order valence-electron chi connectivity index (χ1n) is 4.67. The molecule has 0 aromatic heterocycles. The Hall–Kier alpha value is -1.37. The SMILES string of the molecule is O=C1C=Cc2ccccc2[C@@H]2C[C@H]12. The van der Waals surface area contributed by atoms with Crippen LogP contribution in [-0.4, -0.2) is 5.78 Å². The Balaban J connectivity index is 2.17. The highest BCUT2D eigenvalue weighted by Crippen LogP contribution is 2.50. The van der Waals surface area contributed by atoms with Crippen molar-refractivity contribution in [3.05, 3.63) is 41.5 Å². The quantitative estimate of drug-likeness (QED) is 0.584. The van der Waals surface area contributed by atoms with Crippen LogP contribution < -0.4 is 0 Å². The largest absolute Gasteiger partial charge is 0.295 e. The van der Waals surface area contributed by atoms with E-state index in [0.717, 1.165) is 6.42 Å². The molecule has 0 spiro atoms. The fourth-order valence-corrected chi connectivity index (χ4v) is 2.15. The average molecular weight is 170 g/mol. The van der Waals surface area contributed by atoms with Gasteiger partial charge in [-0.3, -0.25) is 4.79 Å². The maximum Gasteiger partial charge on any atom is 0.159 e. The molecule has 1 fully saturated rings. The van der Waals surface area contributed by atoms with Gasteiger partial charge in [-0.15, -0.1) is 0 Å². The van der Waals surface area contributed by atoms with E-state index in [9.17, 15) is 4.79 Å². The van der Waals surface area contributed by atoms with E-state index < -0.39 is 0 Å². The van der Waals surface area contributed by atoms with Crippen LogP contribution in [0.3, 0.4) is 0 Å². The Morgan fingerprint density at radius 3 is 2.85 bits per heavy atom. The molecule has 0 unspecified atom stereocenters. The van der Waals surface area contributed by atoms with Gasteiger partial charge in [0.1, 0.15) is 0 Å². The standard InChI is InChI=1S/C12H10O/c13-12-6-5-8-3-1-2-4-9(8)10-7-11(10)12/h1-6,10-11H,7H2/t10-,11-/m0/s1. The summed E-state index contributed by atoms with van der Waals surface area (Å²) in [5.74, 6) is 1.11. The van der Waals surface area contributed by atoms with E-state index in [-0.39, 0.29) is 0 Å². The summed E-state index contributed by atoms with van der Waals surface area (Å²) in [6.45, 7) is 0. The van der Waals surface area contributed by atoms with E-state index in [1.807, 2.05) is 12.1 Å². The van der Waals surface area contributed by atoms with Crippen LogP contribution in [0, 0.1) is 5.92 Å². The first-order chi connectivity index (χ1) is 6.36. The summed E-state index contributed by atoms with van der Waals surface area (Å²) in [7, 11) is 0. The third-order valence-corrected chi connectivity index (χ3v) is 2.98. The molecule has 0 aliphatic heterocycles. The van der Waals surface area contributed by atoms with Crippen molar-refractivity contribution < 1.29 is 4.79 Å². The summed E-state index contributed by atoms with van der Waals surface area (Å²) < 4.78 is 0. The fraction of sp³-hybridized carbons (Fsp3) is 0.250. The van der Waals surface area contributed by atoms with E-state index in [4.69, 9.17) is 0 Å². The van der Waals surface area contributed by atoms with Crippen molar-refractivity contribution in [1.82, 2.24) is 0 Å². The van der Waals surface area contributed by atoms with Crippen molar-refractivity contribution in [3.8, 4) is 0 Å². The molecular formula is C12H10O. The lowest BCUT2D eigenvalue weighted by Gasteiger charge is -2.01. The van der Waals surface area contributed by atoms with Crippen LogP contribution in [0.5, 0.6) is 0 Å². The number of ketones is 1. The highest BCUT2D eigenvalue weighted by molar-refractivity contribution is 5.99. The van der Waals surface area contributed by atoms with E-state index in [1.165, 1.54) is 11.1 Å². The normalized spacial score (nSPS) is 29.1. The molecule has 2 aliphatic rings. The molecule has 0 saturated heterocycles. The lowest BCUT2D eigenvalue weighted by atomic mass is 10.0. The van der Waals surface area contributed by atoms with Gasteiger partial charge in [-0.2, -0.15) is 0 Å². The van der Waals surface area contributed by atoms with Crippen LogP contribution in [0.15, 0.2) is 30.3 Å². The van der Waals surface area contributed by atoms with Crippen LogP contribution in [0.1, 0.15) is 23.5 Å². The highest BCUT2D eigenvalue weighted by Gasteiger charge is 2.44. The second-order valence-corrected chi connectivity index (χ2v) is 3.81. The molecular weight excluding hydrogens is 160 g/mol. The molecule has 13 heavy (non-hydrogen) atoms. The minimum Gasteiger partial charge on any atom is -0.295 e. The molecule has 1 nitrogen and oxygen atoms in total. The molecule has 1 saturated carbocycles. The smallest absolute Gasteiger partial charge is 0.159 e. The lowest BCUT2D eigenvalue weighted by molar-refractivity contribution is -0.115. The van der Waals surface area contributed by atoms with E-state index in [1.54, 1.807) is 6.08 Å². The van der Waals surface area contributed by atoms with Gasteiger partial charge in [0.2, 0.25) is 0 Å². The average Bonchev–Trinajstić information content (AvgIpc) is 2.93. The number of carbonyl (C=O) groups is 1. The van der Waals surface area contributed by atoms with Crippen molar-refractivity contribution in [2.75, 3.05) is 0 Å². The van der Waals surface area contributed by atoms with Gasteiger partial charge in [-0.1, -0.05) is 30.3 Å². The van der Waals surface area contributed by atoms with Crippen LogP contribution in [0.2, 0.25) is 0 Å². The first-order valence-corrected chi connectivity index (χ1v) is 4.67. The van der Waals surface area contributed by atoms with Crippen LogP contribution in [0.4, 0.5) is 0 Å². The molecule has 0 amide bonds. The molecule has 1 heteroatoms. The molecule has 1 aromatic carbocycles. The number of rotatable bonds is 0. The Kier molecular flexibility index (Phi) is 1.26. The van der Waals surface area contributed by atoms with Gasteiger partial charge in [0, 0.05) is 5.92 Å². The molecule has 1 aromatic rings. The van der Waals surface area contributed by atoms with Gasteiger partial charge in [-0.05, 0) is 29.5 Å². The van der Waals surface area contributed by atoms with Crippen molar-refractivity contribution in [2.24, 2.45) is 5.92 Å². The Bertz CT molecular complexity index is 403. The highest BCUT2D eigenvalue weighted by atomic mass is 16.1. The molecule has 2 atom stereocenters. The predicted octanol–water partition coefficient (Wildman–Crippen LogP) is 2.39. The maximum absolute atomic E-state index is 11.4. The number of carbonyl (C=O) groups excluding carboxylic acids is 1. The zero-order valence-corrected chi connectivity index (χ0v) is 7.23. The number of allylic oxidation sites excluding steroid dienone is 1. The van der Waals surface area contributed by atoms with Gasteiger partial charge < -0.3 is 0 Å². The van der Waals surface area contributed by atoms with Crippen LogP contribution >= 0.6 is 0 Å². The van der Waals surface area contributed by atoms with E-state index in [0.29, 0.717) is 17.6 Å². The van der Waals surface area contributed by atoms with E-state index in [2.05, 4.69) is 18.2 Å². The molecule has 0 bridgehead atoms. The number of benzene rings is 1. The van der Waals surface area contributed by atoms with Crippen molar-refractivity contribution >= 4 is 11.9 Å². The van der Waals surface area contributed by atoms with Crippen molar-refractivity contribution in [3.63, 3.8) is 0 Å². The van der Waals surface area contributed by atoms with Gasteiger partial charge >= 0.3 is 0 Å². The second-order valence-electron chi connectivity index (χ2n) is 3.81. The molecule has 0 heterocycles. The molecule has 2 aliphatic carbocycles. The summed E-state index contributed by atoms with van der Waals surface area (Å²) >= 11 is 0. The topological polar surface area (TPSA) is 17.1 Å². The summed E-state index contributed by atoms with van der Waals surface area (Å²) in [4.78, 5) is 11.4. The summed E-state index contributed by atoms with van der Waals surface area (Å²) in [5.41, 5.74) is 2.58. The summed E-state index contributed by atoms with van der Waals surface area (Å²) in [6.07, 6.45) is 4.74. The third kappa shape index (κ3) is 0.966. The molecule has 0 N–H and O–H groups in total. The number of fused-ring (bicyclic) bond motifs is 3. The summed E-state index contributed by atoms with van der Waals surface area (Å²) in [6, 6.07) is 8.30. The second kappa shape index (κ2) is 2.32. The Morgan fingerprint density at radius 1 is 1.08 bits per heavy atom. The van der Waals surface area contributed by atoms with Gasteiger partial charge in [-0.25, -0.2) is 0 Å². The Morgan fingerprint density at radius 2 is 1.92 bits per heavy atom. The summed E-state index contributed by atoms with van der Waals surface area (Å²) in [5, 5.41) is 0. The monoisotopic (exact) mass is 170 g/mol. The van der Waals surface area contributed by atoms with Gasteiger partial charge in [0.15, 0.2) is 5.78 Å². The molecule has 3 rings (SSSR count). The molecule has 0 radical (unpaired) electrons. The maximum atomic E-state index is 11.4. The predicted molar refractivity (Wildman–Crippen MR) is 51.3 cm³/mol. The number of hydrogen-bond acceptors (Lipinski definition) is 1. The number of hydrogen-bond donors (Lipinski definition) is 0. The molecule has 64 valence electrons. The minimum absolute atomic E-state index is 0.292. The third-order valence-electron chi connectivity index (χ3n) is 2.98. The first kappa shape index (κ1) is 7.07. The van der Waals surface area contributed by atoms with Gasteiger partial charge in [0.05, 0.1) is 0 Å². The van der Waals surface area contributed by atoms with Crippen LogP contribution in [-0.2, 0) is 4.79 Å². The van der Waals surface area contributed by atoms with Crippen molar-refractivity contribution in [2.45, 2.75) is 12.3 Å². The lowest BCUT2D eigenvalue weighted by Crippen LogP contribution is -1.94. The van der Waals surface area contributed by atoms with Gasteiger partial charge in [0.25, 0.3) is 0 Å². The van der Waals surface area contributed by atoms with E-state index >= 15 is 0 Å². The minimum atomic E-state index is 0.292. The van der Waals surface area contributed by atoms with Crippen molar-refractivity contribution in [1.29, 1.82) is 0 Å².